The topological polar surface area (TPSA) is 101 Å². The Labute approximate surface area is 165 Å². The third-order valence-corrected chi connectivity index (χ3v) is 5.21. The molecule has 3 rings (SSSR count). The number of aliphatic hydroxyl groups excluding tert-OH is 1. The molecule has 1 aromatic carbocycles. The zero-order chi connectivity index (χ0) is 20.3. The third-order valence-electron chi connectivity index (χ3n) is 5.21. The summed E-state index contributed by atoms with van der Waals surface area (Å²) >= 11 is 0. The molecular weight excluding hydrogens is 354 g/mol. The van der Waals surface area contributed by atoms with Gasteiger partial charge in [0, 0.05) is 29.3 Å². The van der Waals surface area contributed by atoms with Gasteiger partial charge in [0.05, 0.1) is 12.2 Å². The number of aromatic nitrogens is 1. The number of nitrogen functional groups attached to an aromatic ring is 1. The van der Waals surface area contributed by atoms with Crippen molar-refractivity contribution in [2.45, 2.75) is 45.1 Å². The van der Waals surface area contributed by atoms with Crippen molar-refractivity contribution in [3.63, 3.8) is 0 Å². The average molecular weight is 381 g/mol. The molecule has 1 unspecified atom stereocenters. The van der Waals surface area contributed by atoms with Crippen LogP contribution in [0.1, 0.15) is 49.4 Å². The molecule has 28 heavy (non-hydrogen) atoms. The summed E-state index contributed by atoms with van der Waals surface area (Å²) in [6.07, 6.45) is 1.71. The van der Waals surface area contributed by atoms with Gasteiger partial charge < -0.3 is 20.3 Å². The molecule has 2 heterocycles. The van der Waals surface area contributed by atoms with Crippen molar-refractivity contribution in [2.24, 2.45) is 0 Å². The van der Waals surface area contributed by atoms with Crippen LogP contribution in [0.5, 0.6) is 5.75 Å². The zero-order valence-electron chi connectivity index (χ0n) is 16.7. The van der Waals surface area contributed by atoms with Gasteiger partial charge in [-0.3, -0.25) is 0 Å². The number of ether oxygens (including phenoxy) is 2. The lowest BCUT2D eigenvalue weighted by molar-refractivity contribution is -0.0598. The Balaban J connectivity index is 2.17. The second kappa shape index (κ2) is 8.17. The molecule has 2 aromatic rings. The van der Waals surface area contributed by atoms with E-state index in [0.717, 1.165) is 35.2 Å². The number of hydrogen-bond acceptors (Lipinski definition) is 6. The number of anilines is 1. The van der Waals surface area contributed by atoms with Gasteiger partial charge in [-0.2, -0.15) is 5.26 Å². The fourth-order valence-electron chi connectivity index (χ4n) is 3.98. The van der Waals surface area contributed by atoms with E-state index in [9.17, 15) is 5.26 Å². The Bertz CT molecular complexity index is 903. The molecule has 0 radical (unpaired) electrons. The summed E-state index contributed by atoms with van der Waals surface area (Å²) in [5.41, 5.74) is 9.74. The number of pyridine rings is 1. The first-order chi connectivity index (χ1) is 13.4. The molecule has 6 heteroatoms. The van der Waals surface area contributed by atoms with E-state index in [-0.39, 0.29) is 30.6 Å². The van der Waals surface area contributed by atoms with Gasteiger partial charge in [-0.1, -0.05) is 18.2 Å². The second-order valence-corrected chi connectivity index (χ2v) is 7.74. The summed E-state index contributed by atoms with van der Waals surface area (Å²) in [4.78, 5) is 4.63. The van der Waals surface area contributed by atoms with Crippen LogP contribution in [-0.2, 0) is 4.74 Å². The molecule has 1 aliphatic rings. The minimum atomic E-state index is -0.220. The van der Waals surface area contributed by atoms with E-state index in [1.807, 2.05) is 31.2 Å². The smallest absolute Gasteiger partial charge is 0.142 e. The lowest BCUT2D eigenvalue weighted by Gasteiger charge is -2.36. The molecule has 1 atom stereocenters. The summed E-state index contributed by atoms with van der Waals surface area (Å²) in [5.74, 6) is 1.06. The highest BCUT2D eigenvalue weighted by molar-refractivity contribution is 5.82. The number of nitrogens with two attached hydrogens (primary N) is 1. The summed E-state index contributed by atoms with van der Waals surface area (Å²) in [7, 11) is 0. The molecule has 148 valence electrons. The summed E-state index contributed by atoms with van der Waals surface area (Å²) < 4.78 is 11.6. The molecule has 0 spiro atoms. The second-order valence-electron chi connectivity index (χ2n) is 7.74. The SMILES string of the molecule is Cc1c(C2CCOC(C)(C)C2)nc(N)c(C#N)c1-c1ccccc1OCCO. The van der Waals surface area contributed by atoms with E-state index in [1.54, 1.807) is 0 Å². The number of aliphatic hydroxyl groups is 1. The van der Waals surface area contributed by atoms with Gasteiger partial charge in [0.25, 0.3) is 0 Å². The van der Waals surface area contributed by atoms with Crippen LogP contribution in [0.4, 0.5) is 5.82 Å². The number of benzene rings is 1. The summed E-state index contributed by atoms with van der Waals surface area (Å²) in [6.45, 7) is 6.92. The molecule has 3 N–H and O–H groups in total. The Kier molecular flexibility index (Phi) is 5.87. The Morgan fingerprint density at radius 1 is 1.39 bits per heavy atom. The van der Waals surface area contributed by atoms with Crippen molar-refractivity contribution >= 4 is 5.82 Å². The highest BCUT2D eigenvalue weighted by Crippen LogP contribution is 2.42. The molecule has 0 bridgehead atoms. The van der Waals surface area contributed by atoms with Gasteiger partial charge in [0.15, 0.2) is 0 Å². The highest BCUT2D eigenvalue weighted by Gasteiger charge is 2.33. The van der Waals surface area contributed by atoms with E-state index < -0.39 is 0 Å². The maximum Gasteiger partial charge on any atom is 0.142 e. The van der Waals surface area contributed by atoms with Gasteiger partial charge in [-0.15, -0.1) is 0 Å². The van der Waals surface area contributed by atoms with Gasteiger partial charge in [-0.25, -0.2) is 4.98 Å². The third kappa shape index (κ3) is 3.96. The molecular formula is C22H27N3O3. The van der Waals surface area contributed by atoms with Crippen molar-refractivity contribution in [2.75, 3.05) is 25.6 Å². The monoisotopic (exact) mass is 381 g/mol. The van der Waals surface area contributed by atoms with Crippen LogP contribution in [-0.4, -0.2) is 35.5 Å². The van der Waals surface area contributed by atoms with Crippen molar-refractivity contribution in [3.8, 4) is 22.9 Å². The van der Waals surface area contributed by atoms with Gasteiger partial charge in [0.1, 0.15) is 29.8 Å². The number of rotatable bonds is 5. The quantitative estimate of drug-likeness (QED) is 0.821. The van der Waals surface area contributed by atoms with E-state index in [1.165, 1.54) is 0 Å². The van der Waals surface area contributed by atoms with Crippen LogP contribution < -0.4 is 10.5 Å². The van der Waals surface area contributed by atoms with Gasteiger partial charge in [0.2, 0.25) is 0 Å². The summed E-state index contributed by atoms with van der Waals surface area (Å²) in [5, 5.41) is 18.9. The van der Waals surface area contributed by atoms with Gasteiger partial charge >= 0.3 is 0 Å². The fraction of sp³-hybridized carbons (Fsp3) is 0.455. The van der Waals surface area contributed by atoms with Crippen molar-refractivity contribution < 1.29 is 14.6 Å². The predicted molar refractivity (Wildman–Crippen MR) is 108 cm³/mol. The van der Waals surface area contributed by atoms with Gasteiger partial charge in [-0.05, 0) is 45.2 Å². The van der Waals surface area contributed by atoms with Crippen LogP contribution in [0, 0.1) is 18.3 Å². The predicted octanol–water partition coefficient (Wildman–Crippen LogP) is 3.55. The van der Waals surface area contributed by atoms with E-state index >= 15 is 0 Å². The van der Waals surface area contributed by atoms with Crippen molar-refractivity contribution in [1.29, 1.82) is 5.26 Å². The Morgan fingerprint density at radius 2 is 2.14 bits per heavy atom. The molecule has 1 fully saturated rings. The molecule has 1 aliphatic heterocycles. The fourth-order valence-corrected chi connectivity index (χ4v) is 3.98. The van der Waals surface area contributed by atoms with Crippen LogP contribution in [0.3, 0.4) is 0 Å². The normalized spacial score (nSPS) is 18.5. The number of nitriles is 1. The summed E-state index contributed by atoms with van der Waals surface area (Å²) in [6, 6.07) is 9.72. The molecule has 6 nitrogen and oxygen atoms in total. The van der Waals surface area contributed by atoms with E-state index in [0.29, 0.717) is 17.9 Å². The minimum Gasteiger partial charge on any atom is -0.491 e. The van der Waals surface area contributed by atoms with Crippen LogP contribution >= 0.6 is 0 Å². The lowest BCUT2D eigenvalue weighted by Crippen LogP contribution is -2.33. The minimum absolute atomic E-state index is 0.0840. The van der Waals surface area contributed by atoms with Crippen molar-refractivity contribution in [1.82, 2.24) is 4.98 Å². The Morgan fingerprint density at radius 3 is 2.82 bits per heavy atom. The molecule has 1 saturated heterocycles. The number of para-hydroxylation sites is 1. The lowest BCUT2D eigenvalue weighted by atomic mass is 9.82. The van der Waals surface area contributed by atoms with E-state index in [2.05, 4.69) is 24.9 Å². The van der Waals surface area contributed by atoms with E-state index in [4.69, 9.17) is 20.3 Å². The Hall–Kier alpha value is -2.62. The number of hydrogen-bond donors (Lipinski definition) is 2. The largest absolute Gasteiger partial charge is 0.491 e. The maximum absolute atomic E-state index is 9.77. The highest BCUT2D eigenvalue weighted by atomic mass is 16.5. The standard InChI is InChI=1S/C22H27N3O3/c1-14-19(16-6-4-5-7-18(16)27-11-9-26)17(13-23)21(24)25-20(14)15-8-10-28-22(2,3)12-15/h4-7,15,26H,8-12H2,1-3H3,(H2,24,25). The first kappa shape index (κ1) is 20.1. The molecule has 0 aliphatic carbocycles. The van der Waals surface area contributed by atoms with Crippen LogP contribution in [0.2, 0.25) is 0 Å². The maximum atomic E-state index is 9.77. The van der Waals surface area contributed by atoms with Crippen molar-refractivity contribution in [3.05, 3.63) is 41.1 Å². The molecule has 0 amide bonds. The van der Waals surface area contributed by atoms with Crippen LogP contribution in [0.15, 0.2) is 24.3 Å². The average Bonchev–Trinajstić information content (AvgIpc) is 2.67. The number of nitrogens with zero attached hydrogens (tertiary/aromatic N) is 2. The first-order valence-electron chi connectivity index (χ1n) is 9.55. The zero-order valence-corrected chi connectivity index (χ0v) is 16.7. The van der Waals surface area contributed by atoms with Crippen LogP contribution in [0.25, 0.3) is 11.1 Å². The first-order valence-corrected chi connectivity index (χ1v) is 9.55. The molecule has 0 saturated carbocycles. The molecule has 1 aromatic heterocycles.